The van der Waals surface area contributed by atoms with Gasteiger partial charge in [-0.15, -0.1) is 0 Å². The molecular formula is C17H12BrNO2S2. The number of thiocarbonyl (C=S) groups is 1. The molecule has 1 heterocycles. The van der Waals surface area contributed by atoms with Crippen LogP contribution in [-0.4, -0.2) is 17.3 Å². The molecule has 116 valence electrons. The quantitative estimate of drug-likeness (QED) is 0.538. The number of halogens is 1. The molecule has 2 aromatic carbocycles. The van der Waals surface area contributed by atoms with Gasteiger partial charge in [-0.05, 0) is 48.0 Å². The van der Waals surface area contributed by atoms with E-state index in [2.05, 4.69) is 15.9 Å². The molecule has 0 radical (unpaired) electrons. The Kier molecular flexibility index (Phi) is 4.84. The second-order valence-electron chi connectivity index (χ2n) is 4.77. The van der Waals surface area contributed by atoms with Crippen molar-refractivity contribution < 1.29 is 9.53 Å². The van der Waals surface area contributed by atoms with Crippen LogP contribution < -0.4 is 9.64 Å². The molecular weight excluding hydrogens is 394 g/mol. The van der Waals surface area contributed by atoms with Gasteiger partial charge in [-0.3, -0.25) is 9.69 Å². The maximum absolute atomic E-state index is 12.6. The van der Waals surface area contributed by atoms with Crippen molar-refractivity contribution in [2.45, 2.75) is 0 Å². The first kappa shape index (κ1) is 16.2. The lowest BCUT2D eigenvalue weighted by molar-refractivity contribution is -0.113. The van der Waals surface area contributed by atoms with Crippen LogP contribution in [0, 0.1) is 0 Å². The molecule has 0 aliphatic carbocycles. The monoisotopic (exact) mass is 405 g/mol. The molecule has 3 nitrogen and oxygen atoms in total. The Morgan fingerprint density at radius 2 is 1.78 bits per heavy atom. The van der Waals surface area contributed by atoms with Crippen molar-refractivity contribution in [1.29, 1.82) is 0 Å². The lowest BCUT2D eigenvalue weighted by Gasteiger charge is -2.14. The Labute approximate surface area is 152 Å². The van der Waals surface area contributed by atoms with Gasteiger partial charge in [0.05, 0.1) is 17.7 Å². The van der Waals surface area contributed by atoms with Crippen molar-refractivity contribution in [2.75, 3.05) is 12.0 Å². The predicted molar refractivity (Wildman–Crippen MR) is 103 cm³/mol. The summed E-state index contributed by atoms with van der Waals surface area (Å²) in [7, 11) is 1.62. The Bertz CT molecular complexity index is 785. The highest BCUT2D eigenvalue weighted by Crippen LogP contribution is 2.36. The van der Waals surface area contributed by atoms with Gasteiger partial charge in [0.15, 0.2) is 4.32 Å². The highest BCUT2D eigenvalue weighted by Gasteiger charge is 2.33. The van der Waals surface area contributed by atoms with Crippen LogP contribution in [0.2, 0.25) is 0 Å². The molecule has 23 heavy (non-hydrogen) atoms. The molecule has 1 fully saturated rings. The van der Waals surface area contributed by atoms with Crippen molar-refractivity contribution >= 4 is 61.9 Å². The van der Waals surface area contributed by atoms with Crippen LogP contribution in [0.25, 0.3) is 6.08 Å². The number of amides is 1. The average Bonchev–Trinajstić information content (AvgIpc) is 2.83. The molecule has 1 aliphatic heterocycles. The van der Waals surface area contributed by atoms with Gasteiger partial charge in [0.1, 0.15) is 5.75 Å². The van der Waals surface area contributed by atoms with E-state index in [1.807, 2.05) is 54.6 Å². The van der Waals surface area contributed by atoms with Gasteiger partial charge < -0.3 is 4.74 Å². The number of ether oxygens (including phenoxy) is 1. The number of carbonyl (C=O) groups excluding carboxylic acids is 1. The summed E-state index contributed by atoms with van der Waals surface area (Å²) in [6.45, 7) is 0. The summed E-state index contributed by atoms with van der Waals surface area (Å²) in [6.07, 6.45) is 1.84. The van der Waals surface area contributed by atoms with Crippen molar-refractivity contribution in [3.8, 4) is 5.75 Å². The maximum Gasteiger partial charge on any atom is 0.270 e. The highest BCUT2D eigenvalue weighted by molar-refractivity contribution is 9.10. The molecule has 3 rings (SSSR count). The second kappa shape index (κ2) is 6.86. The second-order valence-corrected chi connectivity index (χ2v) is 7.36. The van der Waals surface area contributed by atoms with Gasteiger partial charge in [0, 0.05) is 4.47 Å². The molecule has 0 bridgehead atoms. The zero-order valence-corrected chi connectivity index (χ0v) is 15.4. The van der Waals surface area contributed by atoms with Crippen molar-refractivity contribution in [2.24, 2.45) is 0 Å². The Morgan fingerprint density at radius 1 is 1.13 bits per heavy atom. The van der Waals surface area contributed by atoms with E-state index in [-0.39, 0.29) is 5.91 Å². The normalized spacial score (nSPS) is 16.3. The van der Waals surface area contributed by atoms with Gasteiger partial charge in [-0.25, -0.2) is 0 Å². The van der Waals surface area contributed by atoms with E-state index in [0.717, 1.165) is 21.5 Å². The largest absolute Gasteiger partial charge is 0.497 e. The number of methoxy groups -OCH3 is 1. The first-order valence-corrected chi connectivity index (χ1v) is 8.78. The third-order valence-electron chi connectivity index (χ3n) is 3.29. The van der Waals surface area contributed by atoms with Crippen LogP contribution in [-0.2, 0) is 4.79 Å². The van der Waals surface area contributed by atoms with Crippen molar-refractivity contribution in [1.82, 2.24) is 0 Å². The minimum atomic E-state index is -0.0989. The maximum atomic E-state index is 12.6. The van der Waals surface area contributed by atoms with E-state index >= 15 is 0 Å². The van der Waals surface area contributed by atoms with Crippen LogP contribution in [0.1, 0.15) is 5.56 Å². The molecule has 0 spiro atoms. The van der Waals surface area contributed by atoms with E-state index in [4.69, 9.17) is 17.0 Å². The van der Waals surface area contributed by atoms with E-state index < -0.39 is 0 Å². The first-order valence-electron chi connectivity index (χ1n) is 6.76. The van der Waals surface area contributed by atoms with Crippen LogP contribution in [0.5, 0.6) is 5.75 Å². The summed E-state index contributed by atoms with van der Waals surface area (Å²) in [5.74, 6) is 0.683. The number of hydrogen-bond donors (Lipinski definition) is 0. The summed E-state index contributed by atoms with van der Waals surface area (Å²) >= 11 is 10.1. The van der Waals surface area contributed by atoms with E-state index in [0.29, 0.717) is 9.23 Å². The fourth-order valence-corrected chi connectivity index (χ4v) is 3.70. The molecule has 1 amide bonds. The topological polar surface area (TPSA) is 29.5 Å². The number of thioether (sulfide) groups is 1. The predicted octanol–water partition coefficient (Wildman–Crippen LogP) is 4.86. The third kappa shape index (κ3) is 3.49. The molecule has 1 saturated heterocycles. The fraction of sp³-hybridized carbons (Fsp3) is 0.0588. The van der Waals surface area contributed by atoms with Crippen molar-refractivity contribution in [3.05, 3.63) is 63.5 Å². The highest BCUT2D eigenvalue weighted by atomic mass is 79.9. The summed E-state index contributed by atoms with van der Waals surface area (Å²) in [4.78, 5) is 14.8. The Morgan fingerprint density at radius 3 is 2.39 bits per heavy atom. The molecule has 0 N–H and O–H groups in total. The number of benzene rings is 2. The number of nitrogens with zero attached hydrogens (tertiary/aromatic N) is 1. The van der Waals surface area contributed by atoms with Crippen LogP contribution in [0.3, 0.4) is 0 Å². The number of hydrogen-bond acceptors (Lipinski definition) is 4. The molecule has 0 saturated carbocycles. The Hall–Kier alpha value is -1.63. The van der Waals surface area contributed by atoms with Gasteiger partial charge >= 0.3 is 0 Å². The van der Waals surface area contributed by atoms with Gasteiger partial charge in [-0.1, -0.05) is 52.0 Å². The SMILES string of the molecule is COc1ccc(C=C2SC(=S)N(c3ccc(Br)cc3)C2=O)cc1. The molecule has 0 unspecified atom stereocenters. The molecule has 0 atom stereocenters. The Balaban J connectivity index is 1.88. The van der Waals surface area contributed by atoms with Gasteiger partial charge in [-0.2, -0.15) is 0 Å². The zero-order valence-electron chi connectivity index (χ0n) is 12.2. The summed E-state index contributed by atoms with van der Waals surface area (Å²) < 4.78 is 6.63. The number of anilines is 1. The fourth-order valence-electron chi connectivity index (χ4n) is 2.13. The van der Waals surface area contributed by atoms with Gasteiger partial charge in [0.2, 0.25) is 0 Å². The molecule has 2 aromatic rings. The lowest BCUT2D eigenvalue weighted by Crippen LogP contribution is -2.27. The van der Waals surface area contributed by atoms with Crippen LogP contribution in [0.4, 0.5) is 5.69 Å². The number of rotatable bonds is 3. The summed E-state index contributed by atoms with van der Waals surface area (Å²) in [6, 6.07) is 15.1. The third-order valence-corrected chi connectivity index (χ3v) is 5.12. The number of carbonyl (C=O) groups is 1. The summed E-state index contributed by atoms with van der Waals surface area (Å²) in [5.41, 5.74) is 1.70. The summed E-state index contributed by atoms with van der Waals surface area (Å²) in [5, 5.41) is 0. The molecule has 6 heteroatoms. The average molecular weight is 406 g/mol. The van der Waals surface area contributed by atoms with Crippen LogP contribution in [0.15, 0.2) is 57.9 Å². The smallest absolute Gasteiger partial charge is 0.270 e. The standard InChI is InChI=1S/C17H12BrNO2S2/c1-21-14-8-2-11(3-9-14)10-15-16(20)19(17(22)23-15)13-6-4-12(18)5-7-13/h2-10H,1H3. The van der Waals surface area contributed by atoms with Gasteiger partial charge in [0.25, 0.3) is 5.91 Å². The minimum Gasteiger partial charge on any atom is -0.497 e. The van der Waals surface area contributed by atoms with E-state index in [9.17, 15) is 4.79 Å². The zero-order chi connectivity index (χ0) is 16.4. The van der Waals surface area contributed by atoms with Crippen molar-refractivity contribution in [3.63, 3.8) is 0 Å². The minimum absolute atomic E-state index is 0.0989. The van der Waals surface area contributed by atoms with Crippen LogP contribution >= 0.6 is 39.9 Å². The van der Waals surface area contributed by atoms with E-state index in [1.165, 1.54) is 11.8 Å². The lowest BCUT2D eigenvalue weighted by atomic mass is 10.2. The first-order chi connectivity index (χ1) is 11.1. The molecule has 1 aliphatic rings. The van der Waals surface area contributed by atoms with E-state index in [1.54, 1.807) is 12.0 Å². The molecule has 0 aromatic heterocycles.